The Kier molecular flexibility index (Phi) is 5.30. The maximum Gasteiger partial charge on any atom is 0.207 e. The van der Waals surface area contributed by atoms with Crippen LogP contribution < -0.4 is 10.7 Å². The van der Waals surface area contributed by atoms with E-state index in [1.165, 1.54) is 6.20 Å². The summed E-state index contributed by atoms with van der Waals surface area (Å²) in [5.74, 6) is 0. The zero-order chi connectivity index (χ0) is 14.4. The van der Waals surface area contributed by atoms with E-state index in [1.807, 2.05) is 28.9 Å². The Labute approximate surface area is 119 Å². The number of rotatable bonds is 7. The molecule has 0 bridgehead atoms. The van der Waals surface area contributed by atoms with Gasteiger partial charge in [0, 0.05) is 18.0 Å². The molecule has 0 radical (unpaired) electrons. The monoisotopic (exact) mass is 273 g/mol. The van der Waals surface area contributed by atoms with Gasteiger partial charge < -0.3 is 5.32 Å². The first-order chi connectivity index (χ1) is 9.72. The highest BCUT2D eigenvalue weighted by molar-refractivity contribution is 5.77. The number of benzene rings is 1. The van der Waals surface area contributed by atoms with Crippen LogP contribution in [-0.2, 0) is 6.54 Å². The molecule has 0 saturated heterocycles. The Bertz CT molecular complexity index is 606. The molecule has 0 aliphatic carbocycles. The first-order valence-electron chi connectivity index (χ1n) is 7.40. The van der Waals surface area contributed by atoms with Crippen LogP contribution in [0.1, 0.15) is 33.1 Å². The van der Waals surface area contributed by atoms with E-state index in [0.29, 0.717) is 6.04 Å². The van der Waals surface area contributed by atoms with Crippen LogP contribution in [-0.4, -0.2) is 22.4 Å². The molecule has 108 valence electrons. The van der Waals surface area contributed by atoms with E-state index in [4.69, 9.17) is 0 Å². The molecule has 4 nitrogen and oxygen atoms in total. The SMILES string of the molecule is CCCNC(C)CCCn1ncc(=O)c2ccccc21. The number of para-hydroxylation sites is 1. The van der Waals surface area contributed by atoms with Crippen molar-refractivity contribution in [3.63, 3.8) is 0 Å². The second-order valence-electron chi connectivity index (χ2n) is 5.25. The topological polar surface area (TPSA) is 46.9 Å². The third kappa shape index (κ3) is 3.67. The Balaban J connectivity index is 2.00. The molecule has 0 amide bonds. The fourth-order valence-corrected chi connectivity index (χ4v) is 2.38. The highest BCUT2D eigenvalue weighted by atomic mass is 16.1. The summed E-state index contributed by atoms with van der Waals surface area (Å²) in [7, 11) is 0. The van der Waals surface area contributed by atoms with E-state index >= 15 is 0 Å². The van der Waals surface area contributed by atoms with Gasteiger partial charge in [0.2, 0.25) is 5.43 Å². The molecular weight excluding hydrogens is 250 g/mol. The third-order valence-electron chi connectivity index (χ3n) is 3.51. The van der Waals surface area contributed by atoms with Gasteiger partial charge >= 0.3 is 0 Å². The van der Waals surface area contributed by atoms with Gasteiger partial charge in [0.15, 0.2) is 0 Å². The lowest BCUT2D eigenvalue weighted by Crippen LogP contribution is -2.27. The highest BCUT2D eigenvalue weighted by Gasteiger charge is 2.04. The maximum atomic E-state index is 11.7. The Morgan fingerprint density at radius 3 is 2.95 bits per heavy atom. The number of aromatic nitrogens is 2. The van der Waals surface area contributed by atoms with Gasteiger partial charge in [-0.2, -0.15) is 5.10 Å². The van der Waals surface area contributed by atoms with Crippen LogP contribution >= 0.6 is 0 Å². The molecule has 0 aliphatic rings. The van der Waals surface area contributed by atoms with Crippen molar-refractivity contribution in [1.29, 1.82) is 0 Å². The van der Waals surface area contributed by atoms with Crippen molar-refractivity contribution in [3.8, 4) is 0 Å². The van der Waals surface area contributed by atoms with Crippen molar-refractivity contribution < 1.29 is 0 Å². The number of hydrogen-bond acceptors (Lipinski definition) is 3. The van der Waals surface area contributed by atoms with Crippen LogP contribution in [0.3, 0.4) is 0 Å². The molecule has 4 heteroatoms. The molecule has 2 rings (SSSR count). The van der Waals surface area contributed by atoms with Gasteiger partial charge in [-0.1, -0.05) is 19.1 Å². The van der Waals surface area contributed by atoms with Gasteiger partial charge in [0.05, 0.1) is 11.7 Å². The predicted octanol–water partition coefficient (Wildman–Crippen LogP) is 2.56. The normalized spacial score (nSPS) is 12.7. The summed E-state index contributed by atoms with van der Waals surface area (Å²) < 4.78 is 1.93. The average Bonchev–Trinajstić information content (AvgIpc) is 2.48. The van der Waals surface area contributed by atoms with Gasteiger partial charge in [0.25, 0.3) is 0 Å². The summed E-state index contributed by atoms with van der Waals surface area (Å²) >= 11 is 0. The molecule has 1 aromatic carbocycles. The summed E-state index contributed by atoms with van der Waals surface area (Å²) in [5, 5.41) is 8.48. The molecule has 1 atom stereocenters. The zero-order valence-electron chi connectivity index (χ0n) is 12.3. The number of hydrogen-bond donors (Lipinski definition) is 1. The van der Waals surface area contributed by atoms with Crippen LogP contribution in [0, 0.1) is 0 Å². The van der Waals surface area contributed by atoms with Crippen molar-refractivity contribution in [1.82, 2.24) is 15.1 Å². The number of fused-ring (bicyclic) bond motifs is 1. The molecular formula is C16H23N3O. The lowest BCUT2D eigenvalue weighted by molar-refractivity contribution is 0.466. The maximum absolute atomic E-state index is 11.7. The minimum absolute atomic E-state index is 0.00479. The van der Waals surface area contributed by atoms with Crippen molar-refractivity contribution in [3.05, 3.63) is 40.7 Å². The average molecular weight is 273 g/mol. The number of aryl methyl sites for hydroxylation is 1. The smallest absolute Gasteiger partial charge is 0.207 e. The van der Waals surface area contributed by atoms with E-state index < -0.39 is 0 Å². The van der Waals surface area contributed by atoms with Crippen LogP contribution in [0.5, 0.6) is 0 Å². The summed E-state index contributed by atoms with van der Waals surface area (Å²) in [6, 6.07) is 8.19. The van der Waals surface area contributed by atoms with Crippen LogP contribution in [0.15, 0.2) is 35.3 Å². The minimum Gasteiger partial charge on any atom is -0.314 e. The van der Waals surface area contributed by atoms with Crippen molar-refractivity contribution in [2.24, 2.45) is 0 Å². The standard InChI is InChI=1S/C16H23N3O/c1-3-10-17-13(2)7-6-11-19-15-9-5-4-8-14(15)16(20)12-18-19/h4-5,8-9,12-13,17H,3,6-7,10-11H2,1-2H3. The Morgan fingerprint density at radius 1 is 1.35 bits per heavy atom. The molecule has 1 aromatic heterocycles. The van der Waals surface area contributed by atoms with Gasteiger partial charge in [-0.05, 0) is 44.9 Å². The molecule has 1 N–H and O–H groups in total. The fourth-order valence-electron chi connectivity index (χ4n) is 2.38. The van der Waals surface area contributed by atoms with E-state index in [-0.39, 0.29) is 5.43 Å². The minimum atomic E-state index is -0.00479. The van der Waals surface area contributed by atoms with E-state index in [0.717, 1.165) is 43.3 Å². The molecule has 0 spiro atoms. The largest absolute Gasteiger partial charge is 0.314 e. The van der Waals surface area contributed by atoms with Crippen LogP contribution in [0.2, 0.25) is 0 Å². The first-order valence-corrected chi connectivity index (χ1v) is 7.40. The number of nitrogens with zero attached hydrogens (tertiary/aromatic N) is 2. The Morgan fingerprint density at radius 2 is 2.15 bits per heavy atom. The highest BCUT2D eigenvalue weighted by Crippen LogP contribution is 2.09. The molecule has 20 heavy (non-hydrogen) atoms. The molecule has 1 unspecified atom stereocenters. The summed E-state index contributed by atoms with van der Waals surface area (Å²) in [4.78, 5) is 11.7. The number of nitrogens with one attached hydrogen (secondary N) is 1. The molecule has 1 heterocycles. The van der Waals surface area contributed by atoms with E-state index in [9.17, 15) is 4.79 Å². The predicted molar refractivity (Wildman–Crippen MR) is 83.0 cm³/mol. The molecule has 0 fully saturated rings. The van der Waals surface area contributed by atoms with Crippen molar-refractivity contribution >= 4 is 10.9 Å². The molecule has 2 aromatic rings. The van der Waals surface area contributed by atoms with Gasteiger partial charge in [0.1, 0.15) is 0 Å². The summed E-state index contributed by atoms with van der Waals surface area (Å²) in [6.07, 6.45) is 4.75. The second kappa shape index (κ2) is 7.20. The Hall–Kier alpha value is -1.68. The first kappa shape index (κ1) is 14.7. The van der Waals surface area contributed by atoms with Gasteiger partial charge in [-0.3, -0.25) is 9.48 Å². The zero-order valence-corrected chi connectivity index (χ0v) is 12.3. The fraction of sp³-hybridized carbons (Fsp3) is 0.500. The van der Waals surface area contributed by atoms with Gasteiger partial charge in [-0.25, -0.2) is 0 Å². The van der Waals surface area contributed by atoms with Crippen molar-refractivity contribution in [2.45, 2.75) is 45.7 Å². The quantitative estimate of drug-likeness (QED) is 0.843. The van der Waals surface area contributed by atoms with E-state index in [1.54, 1.807) is 0 Å². The van der Waals surface area contributed by atoms with Crippen molar-refractivity contribution in [2.75, 3.05) is 6.54 Å². The van der Waals surface area contributed by atoms with Crippen LogP contribution in [0.4, 0.5) is 0 Å². The van der Waals surface area contributed by atoms with E-state index in [2.05, 4.69) is 24.3 Å². The second-order valence-corrected chi connectivity index (χ2v) is 5.25. The van der Waals surface area contributed by atoms with Crippen LogP contribution in [0.25, 0.3) is 10.9 Å². The lowest BCUT2D eigenvalue weighted by Gasteiger charge is -2.14. The summed E-state index contributed by atoms with van der Waals surface area (Å²) in [5.41, 5.74) is 0.920. The lowest BCUT2D eigenvalue weighted by atomic mass is 10.1. The third-order valence-corrected chi connectivity index (χ3v) is 3.51. The molecule has 0 aliphatic heterocycles. The van der Waals surface area contributed by atoms with Gasteiger partial charge in [-0.15, -0.1) is 0 Å². The molecule has 0 saturated carbocycles. The summed E-state index contributed by atoms with van der Waals surface area (Å²) in [6.45, 7) is 6.31.